The van der Waals surface area contributed by atoms with E-state index in [9.17, 15) is 0 Å². The van der Waals surface area contributed by atoms with Crippen LogP contribution in [0.5, 0.6) is 0 Å². The van der Waals surface area contributed by atoms with Gasteiger partial charge in [0.05, 0.1) is 0 Å². The van der Waals surface area contributed by atoms with Crippen molar-refractivity contribution >= 4 is 0 Å². The maximum atomic E-state index is 4.80. The fraction of sp³-hybridized carbons (Fsp3) is 0.517. The van der Waals surface area contributed by atoms with Gasteiger partial charge in [0.15, 0.2) is 5.82 Å². The number of fused-ring (bicyclic) bond motifs is 1. The van der Waals surface area contributed by atoms with E-state index in [1.165, 1.54) is 11.1 Å². The van der Waals surface area contributed by atoms with E-state index >= 15 is 0 Å². The standard InChI is InChI=1S/C29H37N4.Ir/c1-26(2,3)24-31-23(32-25(33-24)27(4,5)6)19-12-14-22(30-16-19)18-11-13-20-21(15-18)29(9,10)17-28(20,7)8;/h12-16H,17H2,1-10H3;/q-1;. The molecule has 2 aromatic heterocycles. The van der Waals surface area contributed by atoms with Gasteiger partial charge >= 0.3 is 0 Å². The van der Waals surface area contributed by atoms with Crippen molar-refractivity contribution < 1.29 is 20.1 Å². The van der Waals surface area contributed by atoms with Crippen LogP contribution in [0, 0.1) is 6.07 Å². The predicted octanol–water partition coefficient (Wildman–Crippen LogP) is 6.95. The summed E-state index contributed by atoms with van der Waals surface area (Å²) in [5, 5.41) is 0. The number of pyridine rings is 1. The van der Waals surface area contributed by atoms with Gasteiger partial charge in [-0.15, -0.1) is 34.9 Å². The molecule has 0 bridgehead atoms. The van der Waals surface area contributed by atoms with Crippen LogP contribution >= 0.6 is 0 Å². The molecule has 0 aliphatic heterocycles. The molecule has 4 rings (SSSR count). The summed E-state index contributed by atoms with van der Waals surface area (Å²) in [6.45, 7) is 22.1. The molecule has 5 heteroatoms. The van der Waals surface area contributed by atoms with Crippen LogP contribution in [0.25, 0.3) is 22.6 Å². The number of rotatable bonds is 2. The Morgan fingerprint density at radius 1 is 0.794 bits per heavy atom. The molecule has 3 aromatic rings. The maximum absolute atomic E-state index is 4.80. The van der Waals surface area contributed by atoms with Gasteiger partial charge in [0.1, 0.15) is 11.6 Å². The third-order valence-corrected chi connectivity index (χ3v) is 6.57. The van der Waals surface area contributed by atoms with Gasteiger partial charge < -0.3 is 4.98 Å². The maximum Gasteiger partial charge on any atom is 0.164 e. The van der Waals surface area contributed by atoms with Crippen molar-refractivity contribution in [1.82, 2.24) is 19.9 Å². The minimum Gasteiger partial charge on any atom is -0.304 e. The third-order valence-electron chi connectivity index (χ3n) is 6.57. The molecular formula is C29H37IrN4-. The van der Waals surface area contributed by atoms with E-state index in [1.807, 2.05) is 6.20 Å². The third kappa shape index (κ3) is 5.02. The Balaban J connectivity index is 0.00000324. The zero-order chi connectivity index (χ0) is 24.4. The second kappa shape index (κ2) is 8.60. The van der Waals surface area contributed by atoms with Crippen molar-refractivity contribution in [3.8, 4) is 22.6 Å². The molecule has 0 spiro atoms. The Morgan fingerprint density at radius 2 is 1.35 bits per heavy atom. The number of hydrogen-bond acceptors (Lipinski definition) is 4. The Hall–Kier alpha value is -1.97. The molecular weight excluding hydrogens is 597 g/mol. The predicted molar refractivity (Wildman–Crippen MR) is 135 cm³/mol. The topological polar surface area (TPSA) is 51.6 Å². The van der Waals surface area contributed by atoms with Crippen molar-refractivity contribution in [3.05, 3.63) is 59.3 Å². The molecule has 183 valence electrons. The Bertz CT molecular complexity index is 1160. The quantitative estimate of drug-likeness (QED) is 0.287. The molecule has 0 N–H and O–H groups in total. The van der Waals surface area contributed by atoms with E-state index in [-0.39, 0.29) is 41.8 Å². The number of nitrogens with zero attached hydrogens (tertiary/aromatic N) is 4. The summed E-state index contributed by atoms with van der Waals surface area (Å²) in [6.07, 6.45) is 3.02. The second-order valence-electron chi connectivity index (χ2n) is 12.9. The van der Waals surface area contributed by atoms with Crippen molar-refractivity contribution in [2.24, 2.45) is 0 Å². The first kappa shape index (κ1) is 26.6. The molecule has 4 nitrogen and oxygen atoms in total. The minimum absolute atomic E-state index is 0. The summed E-state index contributed by atoms with van der Waals surface area (Å²) in [5.74, 6) is 2.29. The molecule has 1 aromatic carbocycles. The van der Waals surface area contributed by atoms with E-state index < -0.39 is 0 Å². The Labute approximate surface area is 218 Å². The molecule has 34 heavy (non-hydrogen) atoms. The van der Waals surface area contributed by atoms with Gasteiger partial charge in [-0.3, -0.25) is 0 Å². The van der Waals surface area contributed by atoms with Crippen LogP contribution in [0.3, 0.4) is 0 Å². The van der Waals surface area contributed by atoms with Crippen LogP contribution < -0.4 is 0 Å². The van der Waals surface area contributed by atoms with Crippen LogP contribution in [0.1, 0.15) is 98.4 Å². The van der Waals surface area contributed by atoms with Gasteiger partial charge in [-0.2, -0.15) is 0 Å². The van der Waals surface area contributed by atoms with Gasteiger partial charge in [0.2, 0.25) is 0 Å². The van der Waals surface area contributed by atoms with E-state index in [2.05, 4.69) is 99.6 Å². The van der Waals surface area contributed by atoms with E-state index in [1.54, 1.807) is 0 Å². The molecule has 1 aliphatic rings. The largest absolute Gasteiger partial charge is 0.304 e. The van der Waals surface area contributed by atoms with Crippen LogP contribution in [-0.4, -0.2) is 19.9 Å². The summed E-state index contributed by atoms with van der Waals surface area (Å²) in [7, 11) is 0. The summed E-state index contributed by atoms with van der Waals surface area (Å²) in [6, 6.07) is 12.1. The zero-order valence-electron chi connectivity index (χ0n) is 22.2. The minimum atomic E-state index is -0.162. The number of aromatic nitrogens is 4. The summed E-state index contributed by atoms with van der Waals surface area (Å²) in [4.78, 5) is 19.2. The number of hydrogen-bond donors (Lipinski definition) is 0. The molecule has 0 saturated carbocycles. The van der Waals surface area contributed by atoms with Crippen molar-refractivity contribution in [1.29, 1.82) is 0 Å². The average molecular weight is 634 g/mol. The van der Waals surface area contributed by atoms with E-state index in [4.69, 9.17) is 19.9 Å². The van der Waals surface area contributed by atoms with Gasteiger partial charge in [-0.1, -0.05) is 81.4 Å². The average Bonchev–Trinajstić information content (AvgIpc) is 2.90. The van der Waals surface area contributed by atoms with E-state index in [0.29, 0.717) is 5.82 Å². The molecule has 0 atom stereocenters. The molecule has 0 fully saturated rings. The normalized spacial score (nSPS) is 16.6. The van der Waals surface area contributed by atoms with Gasteiger partial charge in [-0.25, -0.2) is 15.0 Å². The molecule has 0 amide bonds. The molecule has 0 unspecified atom stereocenters. The van der Waals surface area contributed by atoms with Crippen LogP contribution in [0.2, 0.25) is 0 Å². The fourth-order valence-corrected chi connectivity index (χ4v) is 4.92. The second-order valence-corrected chi connectivity index (χ2v) is 12.9. The summed E-state index contributed by atoms with van der Waals surface area (Å²) in [5.41, 5.74) is 5.68. The van der Waals surface area contributed by atoms with Gasteiger partial charge in [0, 0.05) is 42.7 Å². The Kier molecular flexibility index (Phi) is 6.74. The zero-order valence-corrected chi connectivity index (χ0v) is 24.6. The van der Waals surface area contributed by atoms with Crippen LogP contribution in [-0.2, 0) is 41.8 Å². The van der Waals surface area contributed by atoms with Crippen molar-refractivity contribution in [2.75, 3.05) is 0 Å². The van der Waals surface area contributed by atoms with Crippen LogP contribution in [0.4, 0.5) is 0 Å². The molecule has 1 radical (unpaired) electrons. The first-order chi connectivity index (χ1) is 15.1. The van der Waals surface area contributed by atoms with Crippen molar-refractivity contribution in [2.45, 2.75) is 97.3 Å². The fourth-order valence-electron chi connectivity index (χ4n) is 4.92. The first-order valence-corrected chi connectivity index (χ1v) is 11.9. The Morgan fingerprint density at radius 3 is 1.85 bits per heavy atom. The van der Waals surface area contributed by atoms with Crippen molar-refractivity contribution in [3.63, 3.8) is 0 Å². The van der Waals surface area contributed by atoms with Crippen LogP contribution in [0.15, 0.2) is 30.5 Å². The van der Waals surface area contributed by atoms with Gasteiger partial charge in [-0.05, 0) is 22.9 Å². The summed E-state index contributed by atoms with van der Waals surface area (Å²) >= 11 is 0. The SMILES string of the molecule is CC(C)(C)c1nc(-c2ccc(-c3[c-]cc4c(c3)C(C)(C)CC4(C)C)nc2)nc(C(C)(C)C)n1.[Ir]. The summed E-state index contributed by atoms with van der Waals surface area (Å²) < 4.78 is 0. The first-order valence-electron chi connectivity index (χ1n) is 11.9. The van der Waals surface area contributed by atoms with Gasteiger partial charge in [0.25, 0.3) is 0 Å². The smallest absolute Gasteiger partial charge is 0.164 e. The number of benzene rings is 1. The molecule has 0 saturated heterocycles. The van der Waals surface area contributed by atoms with E-state index in [0.717, 1.165) is 34.9 Å². The molecule has 2 heterocycles. The molecule has 1 aliphatic carbocycles. The monoisotopic (exact) mass is 634 g/mol.